The third-order valence-electron chi connectivity index (χ3n) is 9.68. The van der Waals surface area contributed by atoms with Gasteiger partial charge in [-0.2, -0.15) is 5.26 Å². The van der Waals surface area contributed by atoms with Gasteiger partial charge in [-0.05, 0) is 85.8 Å². The van der Waals surface area contributed by atoms with Crippen LogP contribution in [0.3, 0.4) is 0 Å². The number of ether oxygens (including phenoxy) is 1. The minimum Gasteiger partial charge on any atom is -0.378 e. The van der Waals surface area contributed by atoms with Crippen LogP contribution in [0.4, 0.5) is 10.1 Å². The molecule has 3 aliphatic rings. The van der Waals surface area contributed by atoms with Crippen LogP contribution in [-0.2, 0) is 11.3 Å². The number of ketones is 2. The fraction of sp³-hybridized carbons (Fsp3) is 0.432. The van der Waals surface area contributed by atoms with Crippen LogP contribution < -0.4 is 4.90 Å². The number of amides is 1. The first-order valence-electron chi connectivity index (χ1n) is 16.5. The minimum atomic E-state index is -1.12. The summed E-state index contributed by atoms with van der Waals surface area (Å²) in [5.41, 5.74) is 4.03. The number of aromatic nitrogens is 1. The standard InChI is InChI=1S/C37H40FN5O4/c38-33-25-41(24-27-3-1-26(22-39)2-4-27)14-11-30(33)21-35(44)31-7-10-34(40-23-31)37(46)43-15-12-29(13-16-43)36(45)28-5-8-32(9-6-28)42-17-19-47-20-18-42/h1-10,23,29-30,33H,11-21,24-25H2/t30?,33-/m1/s1. The van der Waals surface area contributed by atoms with Gasteiger partial charge in [-0.3, -0.25) is 24.3 Å². The topological polar surface area (TPSA) is 107 Å². The number of anilines is 1. The van der Waals surface area contributed by atoms with E-state index in [4.69, 9.17) is 10.00 Å². The molecule has 1 aromatic heterocycles. The van der Waals surface area contributed by atoms with Crippen LogP contribution in [-0.4, -0.2) is 90.9 Å². The molecular weight excluding hydrogens is 597 g/mol. The van der Waals surface area contributed by atoms with Gasteiger partial charge in [0.2, 0.25) is 0 Å². The summed E-state index contributed by atoms with van der Waals surface area (Å²) in [7, 11) is 0. The third-order valence-corrected chi connectivity index (χ3v) is 9.68. The lowest BCUT2D eigenvalue weighted by Gasteiger charge is -2.34. The maximum atomic E-state index is 15.1. The molecule has 9 nitrogen and oxygen atoms in total. The SMILES string of the molecule is N#Cc1ccc(CN2CCC(CC(=O)c3ccc(C(=O)N4CCC(C(=O)c5ccc(N6CCOCC6)cc5)CC4)nc3)[C@H](F)C2)cc1. The Balaban J connectivity index is 0.954. The monoisotopic (exact) mass is 637 g/mol. The maximum Gasteiger partial charge on any atom is 0.272 e. The van der Waals surface area contributed by atoms with Crippen LogP contribution in [0, 0.1) is 23.2 Å². The summed E-state index contributed by atoms with van der Waals surface area (Å²) < 4.78 is 20.5. The molecule has 0 radical (unpaired) electrons. The normalized spacial score (nSPS) is 20.9. The quantitative estimate of drug-likeness (QED) is 0.303. The van der Waals surface area contributed by atoms with Crippen LogP contribution in [0.5, 0.6) is 0 Å². The number of morpholine rings is 1. The van der Waals surface area contributed by atoms with Crippen molar-refractivity contribution in [1.29, 1.82) is 5.26 Å². The Morgan fingerprint density at radius 1 is 0.872 bits per heavy atom. The number of nitrogens with zero attached hydrogens (tertiary/aromatic N) is 5. The number of hydrogen-bond donors (Lipinski definition) is 0. The average molecular weight is 638 g/mol. The van der Waals surface area contributed by atoms with Crippen molar-refractivity contribution in [2.24, 2.45) is 11.8 Å². The van der Waals surface area contributed by atoms with Crippen LogP contribution in [0.15, 0.2) is 66.9 Å². The summed E-state index contributed by atoms with van der Waals surface area (Å²) in [6.45, 7) is 5.58. The predicted molar refractivity (Wildman–Crippen MR) is 175 cm³/mol. The Bertz CT molecular complexity index is 1590. The van der Waals surface area contributed by atoms with Crippen molar-refractivity contribution in [2.45, 2.75) is 38.4 Å². The average Bonchev–Trinajstić information content (AvgIpc) is 3.13. The predicted octanol–water partition coefficient (Wildman–Crippen LogP) is 4.96. The molecule has 0 saturated carbocycles. The first kappa shape index (κ1) is 32.5. The van der Waals surface area contributed by atoms with Gasteiger partial charge in [0.05, 0.1) is 24.8 Å². The lowest BCUT2D eigenvalue weighted by molar-refractivity contribution is 0.0644. The van der Waals surface area contributed by atoms with E-state index in [-0.39, 0.29) is 48.0 Å². The molecule has 3 aromatic rings. The van der Waals surface area contributed by atoms with Crippen molar-refractivity contribution >= 4 is 23.2 Å². The first-order valence-corrected chi connectivity index (χ1v) is 16.5. The summed E-state index contributed by atoms with van der Waals surface area (Å²) in [5, 5.41) is 8.97. The molecule has 0 bridgehead atoms. The van der Waals surface area contributed by atoms with E-state index in [1.165, 1.54) is 6.20 Å². The van der Waals surface area contributed by atoms with Crippen molar-refractivity contribution in [3.05, 3.63) is 94.8 Å². The zero-order valence-corrected chi connectivity index (χ0v) is 26.5. The smallest absolute Gasteiger partial charge is 0.272 e. The molecule has 3 saturated heterocycles. The van der Waals surface area contributed by atoms with Gasteiger partial charge in [0.15, 0.2) is 11.6 Å². The highest BCUT2D eigenvalue weighted by atomic mass is 19.1. The molecule has 0 N–H and O–H groups in total. The lowest BCUT2D eigenvalue weighted by atomic mass is 9.88. The van der Waals surface area contributed by atoms with Gasteiger partial charge in [-0.25, -0.2) is 4.39 Å². The van der Waals surface area contributed by atoms with E-state index in [1.807, 2.05) is 41.3 Å². The van der Waals surface area contributed by atoms with Crippen molar-refractivity contribution < 1.29 is 23.5 Å². The van der Waals surface area contributed by atoms with E-state index in [0.717, 1.165) is 24.3 Å². The highest BCUT2D eigenvalue weighted by Crippen LogP contribution is 2.28. The molecule has 1 unspecified atom stereocenters. The van der Waals surface area contributed by atoms with Crippen molar-refractivity contribution in [1.82, 2.24) is 14.8 Å². The summed E-state index contributed by atoms with van der Waals surface area (Å²) in [6, 6.07) is 20.4. The summed E-state index contributed by atoms with van der Waals surface area (Å²) in [5.74, 6) is -0.791. The maximum absolute atomic E-state index is 15.1. The van der Waals surface area contributed by atoms with Crippen molar-refractivity contribution in [2.75, 3.05) is 57.4 Å². The van der Waals surface area contributed by atoms with Crippen LogP contribution in [0.1, 0.15) is 68.0 Å². The number of carbonyl (C=O) groups is 3. The summed E-state index contributed by atoms with van der Waals surface area (Å²) in [6.07, 6.45) is 2.14. The summed E-state index contributed by atoms with van der Waals surface area (Å²) in [4.78, 5) is 49.7. The van der Waals surface area contributed by atoms with Crippen molar-refractivity contribution in [3.8, 4) is 6.07 Å². The molecule has 0 aliphatic carbocycles. The van der Waals surface area contributed by atoms with Gasteiger partial charge in [-0.1, -0.05) is 12.1 Å². The molecule has 2 atom stereocenters. The van der Waals surface area contributed by atoms with Gasteiger partial charge in [0.1, 0.15) is 11.9 Å². The number of benzene rings is 2. The van der Waals surface area contributed by atoms with E-state index in [9.17, 15) is 14.4 Å². The number of carbonyl (C=O) groups excluding carboxylic acids is 3. The third kappa shape index (κ3) is 7.92. The van der Waals surface area contributed by atoms with E-state index in [2.05, 4.69) is 16.0 Å². The Kier molecular flexibility index (Phi) is 10.3. The number of pyridine rings is 1. The molecule has 3 aliphatic heterocycles. The molecule has 3 fully saturated rings. The highest BCUT2D eigenvalue weighted by molar-refractivity contribution is 5.99. The zero-order valence-electron chi connectivity index (χ0n) is 26.5. The Morgan fingerprint density at radius 2 is 1.57 bits per heavy atom. The van der Waals surface area contributed by atoms with Crippen LogP contribution >= 0.6 is 0 Å². The lowest BCUT2D eigenvalue weighted by Crippen LogP contribution is -2.42. The van der Waals surface area contributed by atoms with E-state index < -0.39 is 6.17 Å². The van der Waals surface area contributed by atoms with Gasteiger partial charge in [0, 0.05) is 74.6 Å². The largest absolute Gasteiger partial charge is 0.378 e. The number of rotatable bonds is 9. The number of hydrogen-bond acceptors (Lipinski definition) is 8. The Labute approximate surface area is 274 Å². The van der Waals surface area contributed by atoms with E-state index in [0.29, 0.717) is 75.3 Å². The van der Waals surface area contributed by atoms with Gasteiger partial charge in [0.25, 0.3) is 5.91 Å². The van der Waals surface area contributed by atoms with E-state index >= 15 is 4.39 Å². The summed E-state index contributed by atoms with van der Waals surface area (Å²) >= 11 is 0. The number of alkyl halides is 1. The Hall–Kier alpha value is -4.46. The molecular formula is C37H40FN5O4. The van der Waals surface area contributed by atoms with Crippen LogP contribution in [0.25, 0.3) is 0 Å². The van der Waals surface area contributed by atoms with Gasteiger partial charge < -0.3 is 14.5 Å². The molecule has 244 valence electrons. The molecule has 1 amide bonds. The molecule has 0 spiro atoms. The fourth-order valence-corrected chi connectivity index (χ4v) is 6.77. The molecule has 10 heteroatoms. The number of piperidine rings is 2. The molecule has 6 rings (SSSR count). The second-order valence-corrected chi connectivity index (χ2v) is 12.7. The van der Waals surface area contributed by atoms with E-state index in [1.54, 1.807) is 29.2 Å². The second-order valence-electron chi connectivity index (χ2n) is 12.7. The number of nitriles is 1. The molecule has 47 heavy (non-hydrogen) atoms. The van der Waals surface area contributed by atoms with Gasteiger partial charge >= 0.3 is 0 Å². The number of likely N-dealkylation sites (tertiary alicyclic amines) is 2. The number of Topliss-reactive ketones (excluding diaryl/α,β-unsaturated/α-hetero) is 2. The number of halogens is 1. The zero-order chi connectivity index (χ0) is 32.8. The second kappa shape index (κ2) is 15.0. The molecule has 4 heterocycles. The van der Waals surface area contributed by atoms with Crippen molar-refractivity contribution in [3.63, 3.8) is 0 Å². The fourth-order valence-electron chi connectivity index (χ4n) is 6.77. The highest BCUT2D eigenvalue weighted by Gasteiger charge is 2.32. The van der Waals surface area contributed by atoms with Crippen LogP contribution in [0.2, 0.25) is 0 Å². The Morgan fingerprint density at radius 3 is 2.21 bits per heavy atom. The van der Waals surface area contributed by atoms with Gasteiger partial charge in [-0.15, -0.1) is 0 Å². The first-order chi connectivity index (χ1) is 22.9. The molecule has 2 aromatic carbocycles. The minimum absolute atomic E-state index is 0.0956.